The minimum atomic E-state index is -0.126. The van der Waals surface area contributed by atoms with Gasteiger partial charge in [0.05, 0.1) is 22.6 Å². The van der Waals surface area contributed by atoms with Crippen LogP contribution in [0.3, 0.4) is 0 Å². The Morgan fingerprint density at radius 3 is 2.39 bits per heavy atom. The highest BCUT2D eigenvalue weighted by Crippen LogP contribution is 2.53. The first kappa shape index (κ1) is 30.3. The van der Waals surface area contributed by atoms with Gasteiger partial charge >= 0.3 is 0 Å². The Kier molecular flexibility index (Phi) is 7.24. The zero-order valence-electron chi connectivity index (χ0n) is 28.8. The Labute approximate surface area is 292 Å². The Balaban J connectivity index is 1.28. The summed E-state index contributed by atoms with van der Waals surface area (Å²) in [5.74, 6) is 0.585. The molecule has 4 nitrogen and oxygen atoms in total. The smallest absolute Gasteiger partial charge is 0.132 e. The Morgan fingerprint density at radius 1 is 0.755 bits per heavy atom. The average molecular weight is 659 g/mol. The summed E-state index contributed by atoms with van der Waals surface area (Å²) in [6.45, 7) is 8.96. The van der Waals surface area contributed by atoms with Gasteiger partial charge in [0.2, 0.25) is 0 Å². The summed E-state index contributed by atoms with van der Waals surface area (Å²) in [7, 11) is 0. The molecule has 1 atom stereocenters. The first-order chi connectivity index (χ1) is 23.8. The van der Waals surface area contributed by atoms with Gasteiger partial charge < -0.3 is 10.2 Å². The maximum atomic E-state index is 5.33. The minimum Gasteiger partial charge on any atom is -0.359 e. The second-order valence-electron chi connectivity index (χ2n) is 15.0. The van der Waals surface area contributed by atoms with Crippen LogP contribution in [0.4, 0.5) is 17.1 Å². The molecule has 0 saturated heterocycles. The number of nitrogens with one attached hydrogen (secondary N) is 1. The third-order valence-electron chi connectivity index (χ3n) is 10.7. The molecule has 7 aromatic rings. The van der Waals surface area contributed by atoms with Gasteiger partial charge in [0.25, 0.3) is 0 Å². The predicted octanol–water partition coefficient (Wildman–Crippen LogP) is 12.6. The highest BCUT2D eigenvalue weighted by atomic mass is 32.1. The molecule has 1 aliphatic heterocycles. The van der Waals surface area contributed by atoms with E-state index in [4.69, 9.17) is 9.97 Å². The molecule has 49 heavy (non-hydrogen) atoms. The standard InChI is InChI=1S/C44H42N4S/c1-27-18-20-33-37(45-27)23-24-38-40(33)48(39-25-19-30(44(2,3)4)26-35(39)28-12-7-5-8-13-28)42(46-38)34-17-11-16-31-32-21-22-36(29-14-9-6-10-15-29)47-43(32)49-41(31)34/h5,7-8,11-13,16-26,29,42,46H,6,9-10,14-15H2,1-4H3. The molecule has 1 unspecified atom stereocenters. The van der Waals surface area contributed by atoms with Crippen LogP contribution in [0.2, 0.25) is 0 Å². The topological polar surface area (TPSA) is 41.1 Å². The second kappa shape index (κ2) is 11.7. The van der Waals surface area contributed by atoms with Gasteiger partial charge in [-0.25, -0.2) is 4.98 Å². The molecule has 0 bridgehead atoms. The van der Waals surface area contributed by atoms with Crippen molar-refractivity contribution in [3.05, 3.63) is 126 Å². The van der Waals surface area contributed by atoms with Crippen LogP contribution in [0, 0.1) is 6.92 Å². The van der Waals surface area contributed by atoms with Crippen molar-refractivity contribution in [2.45, 2.75) is 77.3 Å². The van der Waals surface area contributed by atoms with E-state index in [9.17, 15) is 0 Å². The van der Waals surface area contributed by atoms with E-state index in [0.29, 0.717) is 5.92 Å². The van der Waals surface area contributed by atoms with E-state index >= 15 is 0 Å². The maximum absolute atomic E-state index is 5.33. The van der Waals surface area contributed by atoms with Gasteiger partial charge in [-0.15, -0.1) is 11.3 Å². The van der Waals surface area contributed by atoms with Crippen molar-refractivity contribution in [2.24, 2.45) is 0 Å². The number of fused-ring (bicyclic) bond motifs is 6. The van der Waals surface area contributed by atoms with E-state index in [1.54, 1.807) is 0 Å². The molecule has 0 spiro atoms. The summed E-state index contributed by atoms with van der Waals surface area (Å²) >= 11 is 1.85. The van der Waals surface area contributed by atoms with Crippen molar-refractivity contribution in [1.82, 2.24) is 9.97 Å². The van der Waals surface area contributed by atoms with Crippen LogP contribution in [-0.2, 0) is 5.41 Å². The number of hydrogen-bond donors (Lipinski definition) is 1. The lowest BCUT2D eigenvalue weighted by Gasteiger charge is -2.31. The zero-order valence-corrected chi connectivity index (χ0v) is 29.6. The highest BCUT2D eigenvalue weighted by Gasteiger charge is 2.36. The molecule has 0 amide bonds. The van der Waals surface area contributed by atoms with Crippen molar-refractivity contribution in [3.8, 4) is 11.1 Å². The number of thiophene rings is 1. The van der Waals surface area contributed by atoms with Gasteiger partial charge in [0.1, 0.15) is 11.0 Å². The molecular formula is C44H42N4S. The van der Waals surface area contributed by atoms with Gasteiger partial charge in [-0.3, -0.25) is 4.98 Å². The molecule has 1 saturated carbocycles. The number of aromatic nitrogens is 2. The summed E-state index contributed by atoms with van der Waals surface area (Å²) in [5.41, 5.74) is 11.8. The van der Waals surface area contributed by atoms with Crippen molar-refractivity contribution >= 4 is 59.6 Å². The molecule has 5 heteroatoms. The monoisotopic (exact) mass is 658 g/mol. The number of rotatable bonds is 4. The Bertz CT molecular complexity index is 2360. The molecule has 4 heterocycles. The largest absolute Gasteiger partial charge is 0.359 e. The molecule has 244 valence electrons. The Hall–Kier alpha value is -4.74. The van der Waals surface area contributed by atoms with E-state index in [2.05, 4.69) is 141 Å². The van der Waals surface area contributed by atoms with Crippen molar-refractivity contribution in [2.75, 3.05) is 10.2 Å². The van der Waals surface area contributed by atoms with E-state index in [-0.39, 0.29) is 11.6 Å². The first-order valence-corrected chi connectivity index (χ1v) is 18.6. The highest BCUT2D eigenvalue weighted by molar-refractivity contribution is 7.25. The molecular weight excluding hydrogens is 617 g/mol. The lowest BCUT2D eigenvalue weighted by molar-refractivity contribution is 0.437. The number of benzene rings is 4. The van der Waals surface area contributed by atoms with Gasteiger partial charge in [-0.05, 0) is 84.8 Å². The average Bonchev–Trinajstić information content (AvgIpc) is 3.70. The zero-order chi connectivity index (χ0) is 33.3. The molecule has 4 aromatic carbocycles. The summed E-state index contributed by atoms with van der Waals surface area (Å²) in [4.78, 5) is 14.0. The van der Waals surface area contributed by atoms with E-state index in [1.165, 1.54) is 86.9 Å². The lowest BCUT2D eigenvalue weighted by atomic mass is 9.84. The van der Waals surface area contributed by atoms with Crippen LogP contribution in [0.15, 0.2) is 103 Å². The van der Waals surface area contributed by atoms with Crippen LogP contribution < -0.4 is 10.2 Å². The number of hydrogen-bond acceptors (Lipinski definition) is 5. The molecule has 9 rings (SSSR count). The quantitative estimate of drug-likeness (QED) is 0.204. The third-order valence-corrected chi connectivity index (χ3v) is 11.9. The molecule has 1 fully saturated rings. The van der Waals surface area contributed by atoms with E-state index < -0.39 is 0 Å². The van der Waals surface area contributed by atoms with Crippen LogP contribution in [0.25, 0.3) is 42.3 Å². The van der Waals surface area contributed by atoms with Crippen LogP contribution in [0.5, 0.6) is 0 Å². The number of anilines is 3. The van der Waals surface area contributed by atoms with Gasteiger partial charge in [0.15, 0.2) is 0 Å². The van der Waals surface area contributed by atoms with E-state index in [0.717, 1.165) is 27.1 Å². The fourth-order valence-electron chi connectivity index (χ4n) is 8.10. The molecule has 3 aromatic heterocycles. The number of pyridine rings is 2. The lowest BCUT2D eigenvalue weighted by Crippen LogP contribution is -2.24. The SMILES string of the molecule is Cc1ccc2c3c(ccc2n1)NC(c1cccc2c1sc1nc(C4CCCCC4)ccc12)N3c1ccc(C(C)(C)C)cc1-c1ccccc1. The molecule has 2 aliphatic rings. The van der Waals surface area contributed by atoms with Gasteiger partial charge in [0, 0.05) is 49.3 Å². The summed E-state index contributed by atoms with van der Waals surface area (Å²) in [6, 6.07) is 38.1. The van der Waals surface area contributed by atoms with Gasteiger partial charge in [-0.1, -0.05) is 94.6 Å². The Morgan fingerprint density at radius 2 is 1.57 bits per heavy atom. The van der Waals surface area contributed by atoms with Crippen LogP contribution in [0.1, 0.15) is 87.5 Å². The minimum absolute atomic E-state index is 0.0168. The fourth-order valence-corrected chi connectivity index (χ4v) is 9.32. The fraction of sp³-hybridized carbons (Fsp3) is 0.273. The van der Waals surface area contributed by atoms with Crippen molar-refractivity contribution in [3.63, 3.8) is 0 Å². The molecule has 1 aliphatic carbocycles. The van der Waals surface area contributed by atoms with Crippen molar-refractivity contribution in [1.29, 1.82) is 0 Å². The first-order valence-electron chi connectivity index (χ1n) is 17.8. The predicted molar refractivity (Wildman–Crippen MR) is 209 cm³/mol. The summed E-state index contributed by atoms with van der Waals surface area (Å²) in [5, 5.41) is 7.71. The number of aryl methyl sites for hydroxylation is 1. The summed E-state index contributed by atoms with van der Waals surface area (Å²) in [6.07, 6.45) is 6.38. The van der Waals surface area contributed by atoms with Crippen molar-refractivity contribution < 1.29 is 0 Å². The van der Waals surface area contributed by atoms with Crippen LogP contribution in [-0.4, -0.2) is 9.97 Å². The summed E-state index contributed by atoms with van der Waals surface area (Å²) < 4.78 is 1.30. The molecule has 0 radical (unpaired) electrons. The van der Waals surface area contributed by atoms with Gasteiger partial charge in [-0.2, -0.15) is 0 Å². The maximum Gasteiger partial charge on any atom is 0.132 e. The third kappa shape index (κ3) is 5.18. The normalized spacial score (nSPS) is 16.8. The molecule has 1 N–H and O–H groups in total. The number of nitrogens with zero attached hydrogens (tertiary/aromatic N) is 3. The van der Waals surface area contributed by atoms with E-state index in [1.807, 2.05) is 11.3 Å². The van der Waals surface area contributed by atoms with Crippen LogP contribution >= 0.6 is 11.3 Å². The second-order valence-corrected chi connectivity index (χ2v) is 16.0.